The molecule has 5 nitrogen and oxygen atoms in total. The van der Waals surface area contributed by atoms with Crippen LogP contribution in [0.15, 0.2) is 24.4 Å². The van der Waals surface area contributed by atoms with Gasteiger partial charge in [-0.2, -0.15) is 0 Å². The number of aliphatic carboxylic acids is 1. The van der Waals surface area contributed by atoms with Crippen molar-refractivity contribution in [1.82, 2.24) is 4.98 Å². The van der Waals surface area contributed by atoms with Gasteiger partial charge in [0.15, 0.2) is 0 Å². The second kappa shape index (κ2) is 4.15. The van der Waals surface area contributed by atoms with Crippen LogP contribution < -0.4 is 11.5 Å². The van der Waals surface area contributed by atoms with E-state index in [9.17, 15) is 9.18 Å². The van der Waals surface area contributed by atoms with Gasteiger partial charge < -0.3 is 21.6 Å². The molecule has 0 bridgehead atoms. The predicted molar refractivity (Wildman–Crippen MR) is 60.8 cm³/mol. The topological polar surface area (TPSA) is 105 Å². The smallest absolute Gasteiger partial charge is 0.322 e. The van der Waals surface area contributed by atoms with E-state index in [-0.39, 0.29) is 5.39 Å². The molecule has 0 saturated heterocycles. The van der Waals surface area contributed by atoms with E-state index >= 15 is 0 Å². The number of aromatic nitrogens is 1. The van der Waals surface area contributed by atoms with E-state index < -0.39 is 23.9 Å². The molecule has 0 aliphatic rings. The molecule has 1 aromatic carbocycles. The molecule has 17 heavy (non-hydrogen) atoms. The van der Waals surface area contributed by atoms with Gasteiger partial charge in [0.1, 0.15) is 11.9 Å². The Morgan fingerprint density at radius 3 is 2.76 bits per heavy atom. The molecular formula is C11H12FN3O2. The zero-order chi connectivity index (χ0) is 12.6. The van der Waals surface area contributed by atoms with Crippen molar-refractivity contribution in [2.45, 2.75) is 12.1 Å². The van der Waals surface area contributed by atoms with Crippen LogP contribution in [0.25, 0.3) is 10.9 Å². The Morgan fingerprint density at radius 2 is 2.12 bits per heavy atom. The minimum atomic E-state index is -1.27. The van der Waals surface area contributed by atoms with Crippen molar-refractivity contribution < 1.29 is 14.3 Å². The summed E-state index contributed by atoms with van der Waals surface area (Å²) in [5.74, 6) is -1.67. The lowest BCUT2D eigenvalue weighted by atomic mass is 10.00. The monoisotopic (exact) mass is 237 g/mol. The maximum absolute atomic E-state index is 13.6. The highest BCUT2D eigenvalue weighted by Crippen LogP contribution is 2.26. The number of hydrogen-bond donors (Lipinski definition) is 4. The molecular weight excluding hydrogens is 225 g/mol. The molecule has 2 aromatic rings. The molecule has 0 aliphatic heterocycles. The molecule has 6 heteroatoms. The first kappa shape index (κ1) is 11.6. The lowest BCUT2D eigenvalue weighted by Gasteiger charge is -2.15. The van der Waals surface area contributed by atoms with Gasteiger partial charge >= 0.3 is 5.97 Å². The predicted octanol–water partition coefficient (Wildman–Crippen LogP) is 0.719. The first-order valence-electron chi connectivity index (χ1n) is 5.02. The SMILES string of the molecule is N[C@H](C(=O)O)[C@@H](N)c1c[nH]c2cccc(F)c12. The third-order valence-corrected chi connectivity index (χ3v) is 2.72. The Bertz CT molecular complexity index is 567. The highest BCUT2D eigenvalue weighted by Gasteiger charge is 2.25. The molecule has 1 aromatic heterocycles. The summed E-state index contributed by atoms with van der Waals surface area (Å²) in [6, 6.07) is 2.30. The number of fused-ring (bicyclic) bond motifs is 1. The third-order valence-electron chi connectivity index (χ3n) is 2.72. The number of aromatic amines is 1. The van der Waals surface area contributed by atoms with Gasteiger partial charge in [-0.1, -0.05) is 6.07 Å². The minimum Gasteiger partial charge on any atom is -0.480 e. The van der Waals surface area contributed by atoms with Crippen LogP contribution in [0.5, 0.6) is 0 Å². The minimum absolute atomic E-state index is 0.289. The third kappa shape index (κ3) is 1.88. The van der Waals surface area contributed by atoms with Crippen molar-refractivity contribution in [3.63, 3.8) is 0 Å². The number of halogens is 1. The van der Waals surface area contributed by atoms with Crippen molar-refractivity contribution >= 4 is 16.9 Å². The molecule has 0 saturated carbocycles. The van der Waals surface area contributed by atoms with Gasteiger partial charge in [-0.15, -0.1) is 0 Å². The molecule has 0 unspecified atom stereocenters. The summed E-state index contributed by atoms with van der Waals surface area (Å²) in [5.41, 5.74) is 12.1. The highest BCUT2D eigenvalue weighted by molar-refractivity contribution is 5.85. The molecule has 0 radical (unpaired) electrons. The molecule has 90 valence electrons. The number of nitrogens with two attached hydrogens (primary N) is 2. The maximum atomic E-state index is 13.6. The van der Waals surface area contributed by atoms with Crippen molar-refractivity contribution in [3.05, 3.63) is 35.8 Å². The van der Waals surface area contributed by atoms with Crippen molar-refractivity contribution in [3.8, 4) is 0 Å². The first-order valence-corrected chi connectivity index (χ1v) is 5.02. The fourth-order valence-corrected chi connectivity index (χ4v) is 1.78. The Morgan fingerprint density at radius 1 is 1.41 bits per heavy atom. The van der Waals surface area contributed by atoms with E-state index in [1.807, 2.05) is 0 Å². The summed E-state index contributed by atoms with van der Waals surface area (Å²) in [6.45, 7) is 0. The number of rotatable bonds is 3. The number of hydrogen-bond acceptors (Lipinski definition) is 3. The summed E-state index contributed by atoms with van der Waals surface area (Å²) < 4.78 is 13.6. The lowest BCUT2D eigenvalue weighted by Crippen LogP contribution is -2.40. The van der Waals surface area contributed by atoms with Crippen LogP contribution in [0.1, 0.15) is 11.6 Å². The van der Waals surface area contributed by atoms with Crippen LogP contribution in [-0.4, -0.2) is 22.1 Å². The Balaban J connectivity index is 2.52. The fourth-order valence-electron chi connectivity index (χ4n) is 1.78. The zero-order valence-corrected chi connectivity index (χ0v) is 8.85. The van der Waals surface area contributed by atoms with Gasteiger partial charge in [0, 0.05) is 17.1 Å². The zero-order valence-electron chi connectivity index (χ0n) is 8.85. The number of H-pyrrole nitrogens is 1. The lowest BCUT2D eigenvalue weighted by molar-refractivity contribution is -0.139. The summed E-state index contributed by atoms with van der Waals surface area (Å²) in [4.78, 5) is 13.6. The van der Waals surface area contributed by atoms with Gasteiger partial charge in [0.25, 0.3) is 0 Å². The van der Waals surface area contributed by atoms with Crippen LogP contribution in [0.4, 0.5) is 4.39 Å². The number of carbonyl (C=O) groups is 1. The quantitative estimate of drug-likeness (QED) is 0.631. The standard InChI is InChI=1S/C11H12FN3O2/c12-6-2-1-3-7-8(6)5(4-15-7)9(13)10(14)11(16)17/h1-4,9-10,15H,13-14H2,(H,16,17)/t9-,10-/m0/s1. The average Bonchev–Trinajstić information content (AvgIpc) is 2.72. The largest absolute Gasteiger partial charge is 0.480 e. The van der Waals surface area contributed by atoms with Crippen molar-refractivity contribution in [2.75, 3.05) is 0 Å². The van der Waals surface area contributed by atoms with Gasteiger partial charge in [0.2, 0.25) is 0 Å². The first-order chi connectivity index (χ1) is 8.02. The van der Waals surface area contributed by atoms with Crippen LogP contribution in [0.3, 0.4) is 0 Å². The Kier molecular flexibility index (Phi) is 2.83. The van der Waals surface area contributed by atoms with E-state index in [1.165, 1.54) is 12.3 Å². The van der Waals surface area contributed by atoms with Gasteiger partial charge in [-0.3, -0.25) is 4.79 Å². The Hall–Kier alpha value is -1.92. The second-order valence-corrected chi connectivity index (χ2v) is 3.80. The summed E-state index contributed by atoms with van der Waals surface area (Å²) in [6.07, 6.45) is 1.49. The fraction of sp³-hybridized carbons (Fsp3) is 0.182. The summed E-state index contributed by atoms with van der Waals surface area (Å²) in [7, 11) is 0. The van der Waals surface area contributed by atoms with Crippen molar-refractivity contribution in [1.29, 1.82) is 0 Å². The molecule has 0 aliphatic carbocycles. The van der Waals surface area contributed by atoms with Gasteiger partial charge in [0.05, 0.1) is 6.04 Å². The normalized spacial score (nSPS) is 14.8. The number of carboxylic acids is 1. The molecule has 1 heterocycles. The van der Waals surface area contributed by atoms with Gasteiger partial charge in [-0.05, 0) is 17.7 Å². The summed E-state index contributed by atoms with van der Waals surface area (Å²) >= 11 is 0. The van der Waals surface area contributed by atoms with Gasteiger partial charge in [-0.25, -0.2) is 4.39 Å². The van der Waals surface area contributed by atoms with E-state index in [1.54, 1.807) is 12.1 Å². The van der Waals surface area contributed by atoms with E-state index in [2.05, 4.69) is 4.98 Å². The molecule has 0 spiro atoms. The molecule has 2 rings (SSSR count). The Labute approximate surface area is 96.2 Å². The molecule has 0 amide bonds. The second-order valence-electron chi connectivity index (χ2n) is 3.80. The summed E-state index contributed by atoms with van der Waals surface area (Å²) in [5, 5.41) is 9.07. The van der Waals surface area contributed by atoms with E-state index in [0.717, 1.165) is 0 Å². The van der Waals surface area contributed by atoms with Crippen LogP contribution >= 0.6 is 0 Å². The maximum Gasteiger partial charge on any atom is 0.322 e. The molecule has 0 fully saturated rings. The highest BCUT2D eigenvalue weighted by atomic mass is 19.1. The van der Waals surface area contributed by atoms with Crippen LogP contribution in [0, 0.1) is 5.82 Å². The molecule has 6 N–H and O–H groups in total. The van der Waals surface area contributed by atoms with E-state index in [4.69, 9.17) is 16.6 Å². The number of nitrogens with one attached hydrogen (secondary N) is 1. The van der Waals surface area contributed by atoms with Crippen LogP contribution in [0.2, 0.25) is 0 Å². The average molecular weight is 237 g/mol. The van der Waals surface area contributed by atoms with Crippen molar-refractivity contribution in [2.24, 2.45) is 11.5 Å². The number of benzene rings is 1. The molecule has 2 atom stereocenters. The number of carboxylic acid groups (broad SMARTS) is 1. The van der Waals surface area contributed by atoms with Crippen LogP contribution in [-0.2, 0) is 4.79 Å². The van der Waals surface area contributed by atoms with E-state index in [0.29, 0.717) is 11.1 Å².